The molecule has 2 nitrogen and oxygen atoms in total. The molecule has 106 valence electrons. The second-order valence-corrected chi connectivity index (χ2v) is 6.76. The average molecular weight is 381 g/mol. The molecule has 2 aromatic carbocycles. The van der Waals surface area contributed by atoms with Gasteiger partial charge in [-0.1, -0.05) is 45.7 Å². The monoisotopic (exact) mass is 379 g/mol. The van der Waals surface area contributed by atoms with Crippen LogP contribution in [0.15, 0.2) is 52.3 Å². The number of rotatable bonds is 3. The molecule has 0 radical (unpaired) electrons. The van der Waals surface area contributed by atoms with E-state index in [2.05, 4.69) is 21.2 Å². The lowest BCUT2D eigenvalue weighted by Crippen LogP contribution is -2.03. The Balaban J connectivity index is 1.80. The zero-order valence-electron chi connectivity index (χ0n) is 10.9. The molecule has 0 spiro atoms. The van der Waals surface area contributed by atoms with Crippen molar-refractivity contribution in [3.63, 3.8) is 0 Å². The third kappa shape index (κ3) is 3.18. The second-order valence-electron chi connectivity index (χ2n) is 4.58. The highest BCUT2D eigenvalue weighted by Gasteiger charge is 2.23. The molecule has 0 atom stereocenters. The second kappa shape index (κ2) is 6.26. The van der Waals surface area contributed by atoms with Gasteiger partial charge in [-0.2, -0.15) is 0 Å². The van der Waals surface area contributed by atoms with E-state index in [1.54, 1.807) is 11.8 Å². The van der Waals surface area contributed by atoms with E-state index in [1.807, 2.05) is 47.9 Å². The average Bonchev–Trinajstić information content (AvgIpc) is 2.77. The van der Waals surface area contributed by atoms with Crippen LogP contribution >= 0.6 is 39.3 Å². The van der Waals surface area contributed by atoms with Gasteiger partial charge in [0.15, 0.2) is 0 Å². The molecule has 0 unspecified atom stereocenters. The smallest absolute Gasteiger partial charge is 0.256 e. The van der Waals surface area contributed by atoms with Crippen molar-refractivity contribution in [1.29, 1.82) is 0 Å². The van der Waals surface area contributed by atoms with Crippen LogP contribution in [0.4, 0.5) is 5.69 Å². The van der Waals surface area contributed by atoms with Crippen molar-refractivity contribution in [2.45, 2.75) is 5.75 Å². The van der Waals surface area contributed by atoms with Gasteiger partial charge in [0, 0.05) is 26.5 Å². The fourth-order valence-electron chi connectivity index (χ4n) is 2.11. The van der Waals surface area contributed by atoms with Crippen molar-refractivity contribution >= 4 is 56.5 Å². The first kappa shape index (κ1) is 14.7. The molecule has 5 heteroatoms. The summed E-state index contributed by atoms with van der Waals surface area (Å²) in [5, 5.41) is 5.52. The highest BCUT2D eigenvalue weighted by atomic mass is 79.9. The molecule has 0 saturated heterocycles. The van der Waals surface area contributed by atoms with Crippen LogP contribution in [0.1, 0.15) is 11.1 Å². The van der Waals surface area contributed by atoms with Gasteiger partial charge in [-0.3, -0.25) is 4.79 Å². The minimum Gasteiger partial charge on any atom is -0.321 e. The van der Waals surface area contributed by atoms with Gasteiger partial charge in [0.05, 0.1) is 5.57 Å². The van der Waals surface area contributed by atoms with E-state index in [0.29, 0.717) is 5.57 Å². The first-order valence-electron chi connectivity index (χ1n) is 6.31. The van der Waals surface area contributed by atoms with Crippen molar-refractivity contribution in [1.82, 2.24) is 0 Å². The fraction of sp³-hybridized carbons (Fsp3) is 0.0625. The van der Waals surface area contributed by atoms with Crippen LogP contribution in [0.3, 0.4) is 0 Å². The summed E-state index contributed by atoms with van der Waals surface area (Å²) in [5.74, 6) is 0.675. The number of thioether (sulfide) groups is 1. The van der Waals surface area contributed by atoms with Gasteiger partial charge in [0.25, 0.3) is 5.91 Å². The van der Waals surface area contributed by atoms with Crippen LogP contribution in [-0.4, -0.2) is 5.91 Å². The largest absolute Gasteiger partial charge is 0.321 e. The van der Waals surface area contributed by atoms with Crippen LogP contribution in [0.5, 0.6) is 0 Å². The molecule has 1 heterocycles. The molecule has 1 N–H and O–H groups in total. The topological polar surface area (TPSA) is 29.1 Å². The summed E-state index contributed by atoms with van der Waals surface area (Å²) in [6.45, 7) is 0. The maximum absolute atomic E-state index is 12.0. The lowest BCUT2D eigenvalue weighted by atomic mass is 10.1. The molecule has 0 saturated carbocycles. The Hall–Kier alpha value is -1.23. The first-order valence-corrected chi connectivity index (χ1v) is 8.53. The van der Waals surface area contributed by atoms with Crippen LogP contribution in [-0.2, 0) is 10.5 Å². The van der Waals surface area contributed by atoms with E-state index >= 15 is 0 Å². The normalized spacial score (nSPS) is 15.1. The Morgan fingerprint density at radius 1 is 1.24 bits per heavy atom. The number of nitrogens with one attached hydrogen (secondary N) is 1. The lowest BCUT2D eigenvalue weighted by molar-refractivity contribution is -0.110. The number of hydrogen-bond donors (Lipinski definition) is 1. The Morgan fingerprint density at radius 3 is 2.86 bits per heavy atom. The maximum atomic E-state index is 12.0. The number of fused-ring (bicyclic) bond motifs is 1. The molecule has 0 fully saturated rings. The Morgan fingerprint density at radius 2 is 2.05 bits per heavy atom. The number of benzene rings is 2. The minimum atomic E-state index is -0.0604. The third-order valence-electron chi connectivity index (χ3n) is 3.16. The zero-order chi connectivity index (χ0) is 14.8. The molecule has 3 rings (SSSR count). The van der Waals surface area contributed by atoms with E-state index in [-0.39, 0.29) is 5.91 Å². The van der Waals surface area contributed by atoms with Crippen molar-refractivity contribution in [2.75, 3.05) is 5.32 Å². The van der Waals surface area contributed by atoms with Crippen LogP contribution in [0.25, 0.3) is 5.57 Å². The SMILES string of the molecule is O=C1Nc2ccc(Br)cc2C1=CSCc1ccccc1Cl. The molecular weight excluding hydrogens is 370 g/mol. The number of amides is 1. The van der Waals surface area contributed by atoms with Crippen LogP contribution in [0, 0.1) is 0 Å². The molecule has 21 heavy (non-hydrogen) atoms. The van der Waals surface area contributed by atoms with Gasteiger partial charge in [-0.25, -0.2) is 0 Å². The predicted molar refractivity (Wildman–Crippen MR) is 93.5 cm³/mol. The van der Waals surface area contributed by atoms with E-state index < -0.39 is 0 Å². The Bertz CT molecular complexity index is 745. The van der Waals surface area contributed by atoms with E-state index in [0.717, 1.165) is 32.1 Å². The highest BCUT2D eigenvalue weighted by molar-refractivity contribution is 9.10. The number of hydrogen-bond acceptors (Lipinski definition) is 2. The lowest BCUT2D eigenvalue weighted by Gasteiger charge is -2.02. The molecule has 0 bridgehead atoms. The van der Waals surface area contributed by atoms with Crippen molar-refractivity contribution in [3.8, 4) is 0 Å². The fourth-order valence-corrected chi connectivity index (χ4v) is 3.67. The summed E-state index contributed by atoms with van der Waals surface area (Å²) in [6, 6.07) is 13.5. The van der Waals surface area contributed by atoms with E-state index in [1.165, 1.54) is 0 Å². The van der Waals surface area contributed by atoms with Crippen molar-refractivity contribution in [3.05, 3.63) is 68.5 Å². The number of carbonyl (C=O) groups excluding carboxylic acids is 1. The number of halogens is 2. The number of anilines is 1. The molecule has 0 aromatic heterocycles. The Kier molecular flexibility index (Phi) is 4.38. The molecule has 0 aliphatic carbocycles. The summed E-state index contributed by atoms with van der Waals surface area (Å²) in [5.41, 5.74) is 3.55. The summed E-state index contributed by atoms with van der Waals surface area (Å²) in [4.78, 5) is 12.0. The summed E-state index contributed by atoms with van der Waals surface area (Å²) < 4.78 is 0.958. The highest BCUT2D eigenvalue weighted by Crippen LogP contribution is 2.35. The van der Waals surface area contributed by atoms with Crippen molar-refractivity contribution < 1.29 is 4.79 Å². The van der Waals surface area contributed by atoms with E-state index in [9.17, 15) is 4.79 Å². The molecule has 1 amide bonds. The number of carbonyl (C=O) groups is 1. The Labute approximate surface area is 140 Å². The maximum Gasteiger partial charge on any atom is 0.256 e. The van der Waals surface area contributed by atoms with Crippen LogP contribution in [0.2, 0.25) is 5.02 Å². The summed E-state index contributed by atoms with van der Waals surface area (Å²) >= 11 is 11.1. The first-order chi connectivity index (χ1) is 10.1. The predicted octanol–water partition coefficient (Wildman–Crippen LogP) is 5.33. The van der Waals surface area contributed by atoms with Gasteiger partial charge in [0.1, 0.15) is 0 Å². The molecule has 1 aliphatic heterocycles. The van der Waals surface area contributed by atoms with Gasteiger partial charge in [0.2, 0.25) is 0 Å². The summed E-state index contributed by atoms with van der Waals surface area (Å²) in [6.07, 6.45) is 0. The van der Waals surface area contributed by atoms with Crippen molar-refractivity contribution in [2.24, 2.45) is 0 Å². The van der Waals surface area contributed by atoms with E-state index in [4.69, 9.17) is 11.6 Å². The van der Waals surface area contributed by atoms with Gasteiger partial charge < -0.3 is 5.32 Å². The standard InChI is InChI=1S/C16H11BrClNOS/c17-11-5-6-15-12(7-11)13(16(20)19-15)9-21-8-10-3-1-2-4-14(10)18/h1-7,9H,8H2,(H,19,20). The molecule has 1 aliphatic rings. The van der Waals surface area contributed by atoms with Gasteiger partial charge in [-0.15, -0.1) is 11.8 Å². The van der Waals surface area contributed by atoms with Gasteiger partial charge in [-0.05, 0) is 35.2 Å². The quantitative estimate of drug-likeness (QED) is 0.729. The zero-order valence-corrected chi connectivity index (χ0v) is 14.1. The minimum absolute atomic E-state index is 0.0604. The summed E-state index contributed by atoms with van der Waals surface area (Å²) in [7, 11) is 0. The van der Waals surface area contributed by atoms with Gasteiger partial charge >= 0.3 is 0 Å². The van der Waals surface area contributed by atoms with Crippen LogP contribution < -0.4 is 5.32 Å². The molecule has 2 aromatic rings. The third-order valence-corrected chi connectivity index (χ3v) is 4.90. The molecular formula is C16H11BrClNOS.